The van der Waals surface area contributed by atoms with E-state index in [-0.39, 0.29) is 5.91 Å². The molecule has 0 aromatic rings. The molecule has 0 saturated carbocycles. The molecule has 1 atom stereocenters. The highest BCUT2D eigenvalue weighted by molar-refractivity contribution is 5.84. The van der Waals surface area contributed by atoms with Crippen LogP contribution in [0.3, 0.4) is 0 Å². The Bertz CT molecular complexity index is 195. The van der Waals surface area contributed by atoms with Crippen molar-refractivity contribution >= 4 is 12.0 Å². The van der Waals surface area contributed by atoms with Crippen LogP contribution in [0.1, 0.15) is 34.1 Å². The molecular formula is C10H22N2O3. The molecule has 0 fully saturated rings. The number of likely N-dealkylation sites (N-methyl/N-ethyl adjacent to an activating group) is 1. The molecule has 0 aliphatic rings. The molecule has 0 radical (unpaired) electrons. The topological polar surface area (TPSA) is 69.6 Å². The molecule has 0 heterocycles. The van der Waals surface area contributed by atoms with Crippen LogP contribution in [0.2, 0.25) is 0 Å². The van der Waals surface area contributed by atoms with E-state index in [9.17, 15) is 9.59 Å². The Morgan fingerprint density at radius 2 is 1.80 bits per heavy atom. The van der Waals surface area contributed by atoms with Crippen LogP contribution in [-0.2, 0) is 4.79 Å². The van der Waals surface area contributed by atoms with Gasteiger partial charge in [-0.3, -0.25) is 4.79 Å². The fourth-order valence-corrected chi connectivity index (χ4v) is 0.909. The van der Waals surface area contributed by atoms with E-state index in [1.54, 1.807) is 14.0 Å². The van der Waals surface area contributed by atoms with Gasteiger partial charge in [-0.05, 0) is 13.3 Å². The quantitative estimate of drug-likeness (QED) is 0.752. The number of carboxylic acid groups (broad SMARTS) is 1. The average Bonchev–Trinajstić information content (AvgIpc) is 2.26. The first-order valence-electron chi connectivity index (χ1n) is 5.27. The molecule has 5 nitrogen and oxygen atoms in total. The van der Waals surface area contributed by atoms with Crippen LogP contribution in [0.5, 0.6) is 0 Å². The van der Waals surface area contributed by atoms with Gasteiger partial charge in [-0.15, -0.1) is 0 Å². The molecule has 0 rings (SSSR count). The number of rotatable bonds is 4. The number of hydrogen-bond donors (Lipinski definition) is 2. The monoisotopic (exact) mass is 218 g/mol. The summed E-state index contributed by atoms with van der Waals surface area (Å²) >= 11 is 0. The standard InChI is InChI=1S/C8H16N2O3.C2H6/c1-4-6(9-8(12)13)7(11)10(3)5-2;1-2/h6,9H,4-5H2,1-3H3,(H,12,13);1-2H3/t6-;/m0./s1. The third-order valence-electron chi connectivity index (χ3n) is 1.85. The molecule has 0 saturated heterocycles. The van der Waals surface area contributed by atoms with Crippen molar-refractivity contribution in [2.45, 2.75) is 40.2 Å². The lowest BCUT2D eigenvalue weighted by Crippen LogP contribution is -2.46. The predicted octanol–water partition coefficient (Wildman–Crippen LogP) is 1.54. The molecule has 15 heavy (non-hydrogen) atoms. The first-order valence-corrected chi connectivity index (χ1v) is 5.27. The first-order chi connectivity index (χ1) is 7.02. The molecule has 0 bridgehead atoms. The summed E-state index contributed by atoms with van der Waals surface area (Å²) in [6.07, 6.45) is -0.695. The van der Waals surface area contributed by atoms with E-state index >= 15 is 0 Å². The number of carbonyl (C=O) groups excluding carboxylic acids is 1. The maximum Gasteiger partial charge on any atom is 0.405 e. The fraction of sp³-hybridized carbons (Fsp3) is 0.800. The van der Waals surface area contributed by atoms with Gasteiger partial charge in [0.1, 0.15) is 6.04 Å². The lowest BCUT2D eigenvalue weighted by atomic mass is 10.2. The maximum absolute atomic E-state index is 11.4. The summed E-state index contributed by atoms with van der Waals surface area (Å²) in [6.45, 7) is 8.18. The molecule has 0 spiro atoms. The van der Waals surface area contributed by atoms with Gasteiger partial charge in [0, 0.05) is 13.6 Å². The van der Waals surface area contributed by atoms with Crippen molar-refractivity contribution in [3.8, 4) is 0 Å². The minimum absolute atomic E-state index is 0.188. The summed E-state index contributed by atoms with van der Waals surface area (Å²) in [4.78, 5) is 23.2. The normalized spacial score (nSPS) is 10.7. The van der Waals surface area contributed by atoms with Crippen molar-refractivity contribution in [1.82, 2.24) is 10.2 Å². The van der Waals surface area contributed by atoms with Crippen molar-refractivity contribution in [1.29, 1.82) is 0 Å². The zero-order valence-corrected chi connectivity index (χ0v) is 10.2. The molecule has 0 aliphatic heterocycles. The molecule has 0 unspecified atom stereocenters. The second kappa shape index (κ2) is 9.30. The number of amides is 2. The van der Waals surface area contributed by atoms with Crippen LogP contribution in [0.25, 0.3) is 0 Å². The molecule has 2 amide bonds. The van der Waals surface area contributed by atoms with E-state index < -0.39 is 12.1 Å². The molecule has 5 heteroatoms. The van der Waals surface area contributed by atoms with Gasteiger partial charge >= 0.3 is 6.09 Å². The summed E-state index contributed by atoms with van der Waals surface area (Å²) in [7, 11) is 1.65. The van der Waals surface area contributed by atoms with E-state index in [2.05, 4.69) is 5.32 Å². The van der Waals surface area contributed by atoms with E-state index in [4.69, 9.17) is 5.11 Å². The van der Waals surface area contributed by atoms with E-state index in [1.165, 1.54) is 4.90 Å². The minimum Gasteiger partial charge on any atom is -0.465 e. The van der Waals surface area contributed by atoms with Crippen LogP contribution < -0.4 is 5.32 Å². The van der Waals surface area contributed by atoms with Gasteiger partial charge in [-0.1, -0.05) is 20.8 Å². The van der Waals surface area contributed by atoms with Crippen molar-refractivity contribution in [2.75, 3.05) is 13.6 Å². The van der Waals surface area contributed by atoms with Gasteiger partial charge in [0.2, 0.25) is 5.91 Å². The molecule has 2 N–H and O–H groups in total. The van der Waals surface area contributed by atoms with Crippen molar-refractivity contribution in [3.63, 3.8) is 0 Å². The SMILES string of the molecule is CC.CC[C@H](NC(=O)O)C(=O)N(C)CC. The van der Waals surface area contributed by atoms with Crippen molar-refractivity contribution in [3.05, 3.63) is 0 Å². The van der Waals surface area contributed by atoms with Crippen molar-refractivity contribution in [2.24, 2.45) is 0 Å². The zero-order chi connectivity index (χ0) is 12.4. The Labute approximate surface area is 91.5 Å². The molecule has 0 aromatic carbocycles. The number of nitrogens with one attached hydrogen (secondary N) is 1. The Morgan fingerprint density at radius 1 is 1.33 bits per heavy atom. The van der Waals surface area contributed by atoms with Gasteiger partial charge in [0.05, 0.1) is 0 Å². The van der Waals surface area contributed by atoms with E-state index in [0.29, 0.717) is 13.0 Å². The Balaban J connectivity index is 0. The fourth-order valence-electron chi connectivity index (χ4n) is 0.909. The highest BCUT2D eigenvalue weighted by Gasteiger charge is 2.20. The maximum atomic E-state index is 11.4. The minimum atomic E-state index is -1.16. The smallest absolute Gasteiger partial charge is 0.405 e. The molecule has 90 valence electrons. The second-order valence-electron chi connectivity index (χ2n) is 2.76. The largest absolute Gasteiger partial charge is 0.465 e. The van der Waals surface area contributed by atoms with Crippen molar-refractivity contribution < 1.29 is 14.7 Å². The lowest BCUT2D eigenvalue weighted by molar-refractivity contribution is -0.131. The summed E-state index contributed by atoms with van der Waals surface area (Å²) in [6, 6.07) is -0.623. The van der Waals surface area contributed by atoms with Crippen LogP contribution >= 0.6 is 0 Å². The predicted molar refractivity (Wildman–Crippen MR) is 59.9 cm³/mol. The Hall–Kier alpha value is -1.26. The summed E-state index contributed by atoms with van der Waals surface area (Å²) in [5.41, 5.74) is 0. The Kier molecular flexibility index (Phi) is 10.0. The number of carbonyl (C=O) groups is 2. The average molecular weight is 218 g/mol. The number of nitrogens with zero attached hydrogens (tertiary/aromatic N) is 1. The van der Waals surface area contributed by atoms with E-state index in [1.807, 2.05) is 20.8 Å². The lowest BCUT2D eigenvalue weighted by Gasteiger charge is -2.21. The second-order valence-corrected chi connectivity index (χ2v) is 2.76. The van der Waals surface area contributed by atoms with Gasteiger partial charge in [-0.2, -0.15) is 0 Å². The van der Waals surface area contributed by atoms with E-state index in [0.717, 1.165) is 0 Å². The van der Waals surface area contributed by atoms with Gasteiger partial charge in [0.25, 0.3) is 0 Å². The third-order valence-corrected chi connectivity index (χ3v) is 1.85. The molecular weight excluding hydrogens is 196 g/mol. The highest BCUT2D eigenvalue weighted by atomic mass is 16.4. The van der Waals surface area contributed by atoms with Crippen LogP contribution in [0.15, 0.2) is 0 Å². The van der Waals surface area contributed by atoms with Gasteiger partial charge in [0.15, 0.2) is 0 Å². The summed E-state index contributed by atoms with van der Waals surface area (Å²) in [5, 5.41) is 10.6. The van der Waals surface area contributed by atoms with Gasteiger partial charge in [-0.25, -0.2) is 4.79 Å². The summed E-state index contributed by atoms with van der Waals surface area (Å²) < 4.78 is 0. The third kappa shape index (κ3) is 6.76. The zero-order valence-electron chi connectivity index (χ0n) is 10.2. The van der Waals surface area contributed by atoms with Gasteiger partial charge < -0.3 is 15.3 Å². The first kappa shape index (κ1) is 16.2. The van der Waals surface area contributed by atoms with Crippen LogP contribution in [0.4, 0.5) is 4.79 Å². The molecule has 0 aliphatic carbocycles. The number of hydrogen-bond acceptors (Lipinski definition) is 2. The van der Waals surface area contributed by atoms with Crippen LogP contribution in [-0.4, -0.2) is 41.6 Å². The Morgan fingerprint density at radius 3 is 2.07 bits per heavy atom. The van der Waals surface area contributed by atoms with Crippen LogP contribution in [0, 0.1) is 0 Å². The highest BCUT2D eigenvalue weighted by Crippen LogP contribution is 1.96. The molecule has 0 aromatic heterocycles. The summed E-state index contributed by atoms with van der Waals surface area (Å²) in [5.74, 6) is -0.188.